The molecule has 1 aromatic carbocycles. The molecule has 35 heavy (non-hydrogen) atoms. The van der Waals surface area contributed by atoms with Crippen molar-refractivity contribution in [3.8, 4) is 11.8 Å². The van der Waals surface area contributed by atoms with Crippen LogP contribution < -0.4 is 9.62 Å². The topological polar surface area (TPSA) is 57.2 Å². The highest BCUT2D eigenvalue weighted by Gasteiger charge is 2.32. The van der Waals surface area contributed by atoms with Crippen LogP contribution in [0.5, 0.6) is 0 Å². The molecule has 3 aromatic rings. The predicted molar refractivity (Wildman–Crippen MR) is 139 cm³/mol. The molecule has 0 bridgehead atoms. The summed E-state index contributed by atoms with van der Waals surface area (Å²) in [4.78, 5) is 19.5. The summed E-state index contributed by atoms with van der Waals surface area (Å²) in [7, 11) is 0. The lowest BCUT2D eigenvalue weighted by Gasteiger charge is -2.36. The molecule has 2 fully saturated rings. The summed E-state index contributed by atoms with van der Waals surface area (Å²) >= 11 is 1.42. The summed E-state index contributed by atoms with van der Waals surface area (Å²) in [5.74, 6) is 7.36. The molecule has 1 aliphatic heterocycles. The summed E-state index contributed by atoms with van der Waals surface area (Å²) in [6, 6.07) is 9.18. The van der Waals surface area contributed by atoms with E-state index in [1.807, 2.05) is 13.0 Å². The first-order chi connectivity index (χ1) is 17.1. The first-order valence-electron chi connectivity index (χ1n) is 12.1. The third kappa shape index (κ3) is 5.75. The van der Waals surface area contributed by atoms with Crippen LogP contribution in [-0.2, 0) is 6.42 Å². The van der Waals surface area contributed by atoms with Gasteiger partial charge in [0.05, 0.1) is 22.6 Å². The van der Waals surface area contributed by atoms with Crippen LogP contribution in [0.4, 0.5) is 15.9 Å². The van der Waals surface area contributed by atoms with Gasteiger partial charge in [-0.25, -0.2) is 14.4 Å². The van der Waals surface area contributed by atoms with E-state index in [-0.39, 0.29) is 5.82 Å². The highest BCUT2D eigenvalue weighted by Crippen LogP contribution is 2.29. The zero-order valence-corrected chi connectivity index (χ0v) is 20.9. The minimum absolute atomic E-state index is 0.245. The minimum atomic E-state index is -0.245. The van der Waals surface area contributed by atoms with Crippen LogP contribution in [0.2, 0.25) is 0 Å². The maximum atomic E-state index is 13.2. The summed E-state index contributed by atoms with van der Waals surface area (Å²) in [5, 5.41) is 0. The Balaban J connectivity index is 1.35. The highest BCUT2D eigenvalue weighted by molar-refractivity contribution is 8.00. The van der Waals surface area contributed by atoms with Gasteiger partial charge in [-0.3, -0.25) is 9.88 Å². The molecule has 2 aromatic heterocycles. The third-order valence-corrected chi connectivity index (χ3v) is 7.26. The number of piperazine rings is 1. The Kier molecular flexibility index (Phi) is 7.16. The molecule has 1 saturated carbocycles. The van der Waals surface area contributed by atoms with Crippen LogP contribution in [0, 0.1) is 24.6 Å². The number of rotatable bonds is 6. The quantitative estimate of drug-likeness (QED) is 0.399. The first-order valence-corrected chi connectivity index (χ1v) is 12.9. The third-order valence-electron chi connectivity index (χ3n) is 6.43. The zero-order valence-electron chi connectivity index (χ0n) is 20.1. The van der Waals surface area contributed by atoms with E-state index < -0.39 is 0 Å². The average molecular weight is 489 g/mol. The Bertz CT molecular complexity index is 1240. The molecule has 1 aliphatic carbocycles. The van der Waals surface area contributed by atoms with Crippen molar-refractivity contribution in [3.63, 3.8) is 0 Å². The molecule has 0 atom stereocenters. The van der Waals surface area contributed by atoms with Crippen molar-refractivity contribution < 1.29 is 4.39 Å². The average Bonchev–Trinajstić information content (AvgIpc) is 3.74. The van der Waals surface area contributed by atoms with E-state index in [1.54, 1.807) is 24.7 Å². The van der Waals surface area contributed by atoms with E-state index >= 15 is 0 Å². The second-order valence-corrected chi connectivity index (χ2v) is 9.77. The molecular weight excluding hydrogens is 459 g/mol. The molecule has 2 aliphatic rings. The smallest absolute Gasteiger partial charge is 0.148 e. The Morgan fingerprint density at radius 3 is 2.54 bits per heavy atom. The number of nitrogens with one attached hydrogen (secondary N) is 1. The first kappa shape index (κ1) is 23.6. The van der Waals surface area contributed by atoms with Gasteiger partial charge >= 0.3 is 0 Å². The van der Waals surface area contributed by atoms with Crippen LogP contribution in [-0.4, -0.2) is 52.1 Å². The van der Waals surface area contributed by atoms with Gasteiger partial charge in [0.15, 0.2) is 0 Å². The van der Waals surface area contributed by atoms with Crippen molar-refractivity contribution in [3.05, 3.63) is 71.2 Å². The van der Waals surface area contributed by atoms with Crippen LogP contribution in [0.25, 0.3) is 0 Å². The lowest BCUT2D eigenvalue weighted by Crippen LogP contribution is -2.47. The fourth-order valence-corrected chi connectivity index (χ4v) is 4.95. The van der Waals surface area contributed by atoms with Gasteiger partial charge in [0.2, 0.25) is 0 Å². The van der Waals surface area contributed by atoms with Gasteiger partial charge in [-0.15, -0.1) is 0 Å². The van der Waals surface area contributed by atoms with Crippen molar-refractivity contribution >= 4 is 23.5 Å². The van der Waals surface area contributed by atoms with E-state index in [1.165, 1.54) is 36.9 Å². The Hall–Kier alpha value is -3.15. The van der Waals surface area contributed by atoms with Crippen LogP contribution in [0.15, 0.2) is 47.8 Å². The summed E-state index contributed by atoms with van der Waals surface area (Å²) < 4.78 is 16.5. The maximum Gasteiger partial charge on any atom is 0.148 e. The van der Waals surface area contributed by atoms with Gasteiger partial charge in [-0.2, -0.15) is 0 Å². The van der Waals surface area contributed by atoms with Crippen LogP contribution in [0.3, 0.4) is 0 Å². The van der Waals surface area contributed by atoms with Crippen molar-refractivity contribution in [1.82, 2.24) is 19.9 Å². The monoisotopic (exact) mass is 488 g/mol. The molecule has 0 radical (unpaired) electrons. The van der Waals surface area contributed by atoms with E-state index in [0.717, 1.165) is 77.6 Å². The maximum absolute atomic E-state index is 13.2. The van der Waals surface area contributed by atoms with Gasteiger partial charge in [0.1, 0.15) is 18.0 Å². The van der Waals surface area contributed by atoms with Gasteiger partial charge in [-0.05, 0) is 68.5 Å². The van der Waals surface area contributed by atoms with Crippen LogP contribution in [0.1, 0.15) is 42.3 Å². The highest BCUT2D eigenvalue weighted by atomic mass is 32.2. The standard InChI is InChI=1S/C27H29FN6S/c1-3-25-24(27(31-18-30-25)34-14-12-33(13-15-34)22-7-8-22)11-4-20-16-26(19(2)29-17-20)32-35-23-9-5-21(28)6-10-23/h5-6,9-10,16-18,22,32H,3,7-8,12-15H2,1-2H3. The molecule has 1 saturated heterocycles. The largest absolute Gasteiger partial charge is 0.353 e. The SMILES string of the molecule is CCc1ncnc(N2CCN(C3CC3)CC2)c1C#Cc1cnc(C)c(NSc2ccc(F)cc2)c1. The number of anilines is 2. The van der Waals surface area contributed by atoms with E-state index in [0.29, 0.717) is 0 Å². The number of hydrogen-bond acceptors (Lipinski definition) is 7. The molecule has 0 spiro atoms. The van der Waals surface area contributed by atoms with Crippen molar-refractivity contribution in [2.24, 2.45) is 0 Å². The number of aromatic nitrogens is 3. The lowest BCUT2D eigenvalue weighted by molar-refractivity contribution is 0.247. The van der Waals surface area contributed by atoms with Crippen molar-refractivity contribution in [2.75, 3.05) is 35.8 Å². The number of halogens is 1. The Morgan fingerprint density at radius 1 is 1.06 bits per heavy atom. The lowest BCUT2D eigenvalue weighted by atomic mass is 10.1. The van der Waals surface area contributed by atoms with Gasteiger partial charge in [0, 0.05) is 48.9 Å². The van der Waals surface area contributed by atoms with E-state index in [2.05, 4.69) is 48.2 Å². The minimum Gasteiger partial charge on any atom is -0.353 e. The van der Waals surface area contributed by atoms with E-state index in [9.17, 15) is 4.39 Å². The molecule has 180 valence electrons. The summed E-state index contributed by atoms with van der Waals surface area (Å²) in [6.45, 7) is 8.13. The molecule has 0 amide bonds. The Labute approximate surface area is 210 Å². The normalized spacial score (nSPS) is 16.0. The molecule has 3 heterocycles. The van der Waals surface area contributed by atoms with Crippen molar-refractivity contribution in [1.29, 1.82) is 0 Å². The number of hydrogen-bond donors (Lipinski definition) is 1. The van der Waals surface area contributed by atoms with Gasteiger partial charge < -0.3 is 9.62 Å². The zero-order chi connectivity index (χ0) is 24.2. The molecule has 6 nitrogen and oxygen atoms in total. The second-order valence-electron chi connectivity index (χ2n) is 8.89. The molecule has 1 N–H and O–H groups in total. The summed E-state index contributed by atoms with van der Waals surface area (Å²) in [6.07, 6.45) is 6.94. The van der Waals surface area contributed by atoms with Gasteiger partial charge in [-0.1, -0.05) is 18.8 Å². The molecular formula is C27H29FN6S. The number of nitrogens with zero attached hydrogens (tertiary/aromatic N) is 5. The number of pyridine rings is 1. The molecule has 5 rings (SSSR count). The fourth-order valence-electron chi connectivity index (χ4n) is 4.24. The Morgan fingerprint density at radius 2 is 1.83 bits per heavy atom. The molecule has 0 unspecified atom stereocenters. The second kappa shape index (κ2) is 10.6. The predicted octanol–water partition coefficient (Wildman–Crippen LogP) is 4.68. The fraction of sp³-hybridized carbons (Fsp3) is 0.370. The van der Waals surface area contributed by atoms with Crippen LogP contribution >= 0.6 is 11.9 Å². The van der Waals surface area contributed by atoms with Gasteiger partial charge in [0.25, 0.3) is 0 Å². The van der Waals surface area contributed by atoms with Crippen molar-refractivity contribution in [2.45, 2.75) is 44.0 Å². The summed E-state index contributed by atoms with van der Waals surface area (Å²) in [5.41, 5.74) is 4.44. The molecule has 8 heteroatoms. The number of benzene rings is 1. The number of aryl methyl sites for hydroxylation is 2. The van der Waals surface area contributed by atoms with E-state index in [4.69, 9.17) is 0 Å².